The molecule has 2 rings (SSSR count). The second kappa shape index (κ2) is 3.81. The van der Waals surface area contributed by atoms with E-state index in [-0.39, 0.29) is 5.78 Å². The van der Waals surface area contributed by atoms with Gasteiger partial charge < -0.3 is 5.73 Å². The third kappa shape index (κ3) is 1.82. The molecule has 1 aromatic carbocycles. The van der Waals surface area contributed by atoms with Gasteiger partial charge in [-0.2, -0.15) is 0 Å². The summed E-state index contributed by atoms with van der Waals surface area (Å²) >= 11 is 0. The molecule has 16 heavy (non-hydrogen) atoms. The van der Waals surface area contributed by atoms with Crippen LogP contribution in [0.1, 0.15) is 23.2 Å². The SMILES string of the molecule is CC(=O)c1nc(C)cn1-c1ccc(N)cc1. The molecular formula is C12H13N3O. The molecule has 0 amide bonds. The molecule has 0 spiro atoms. The zero-order chi connectivity index (χ0) is 11.7. The maximum atomic E-state index is 11.4. The minimum absolute atomic E-state index is 0.0510. The third-order valence-corrected chi connectivity index (χ3v) is 2.31. The second-order valence-electron chi connectivity index (χ2n) is 3.72. The van der Waals surface area contributed by atoms with Crippen molar-refractivity contribution in [3.05, 3.63) is 42.0 Å². The molecule has 1 aromatic heterocycles. The van der Waals surface area contributed by atoms with Crippen LogP contribution in [0.3, 0.4) is 0 Å². The monoisotopic (exact) mass is 215 g/mol. The summed E-state index contributed by atoms with van der Waals surface area (Å²) in [5.41, 5.74) is 8.03. The molecular weight excluding hydrogens is 202 g/mol. The van der Waals surface area contributed by atoms with E-state index >= 15 is 0 Å². The van der Waals surface area contributed by atoms with Crippen molar-refractivity contribution >= 4 is 11.5 Å². The number of benzene rings is 1. The molecule has 2 N–H and O–H groups in total. The Bertz CT molecular complexity index is 526. The Labute approximate surface area is 93.7 Å². The predicted molar refractivity (Wildman–Crippen MR) is 62.7 cm³/mol. The fourth-order valence-electron chi connectivity index (χ4n) is 1.58. The highest BCUT2D eigenvalue weighted by atomic mass is 16.1. The smallest absolute Gasteiger partial charge is 0.195 e. The first-order valence-corrected chi connectivity index (χ1v) is 5.01. The highest BCUT2D eigenvalue weighted by Gasteiger charge is 2.11. The van der Waals surface area contributed by atoms with Crippen molar-refractivity contribution in [1.82, 2.24) is 9.55 Å². The number of Topliss-reactive ketones (excluding diaryl/α,β-unsaturated/α-hetero) is 1. The summed E-state index contributed by atoms with van der Waals surface area (Å²) in [5.74, 6) is 0.396. The van der Waals surface area contributed by atoms with E-state index in [1.807, 2.05) is 25.3 Å². The summed E-state index contributed by atoms with van der Waals surface area (Å²) in [6, 6.07) is 7.33. The molecule has 0 radical (unpaired) electrons. The van der Waals surface area contributed by atoms with Gasteiger partial charge in [0, 0.05) is 24.5 Å². The number of rotatable bonds is 2. The van der Waals surface area contributed by atoms with Crippen molar-refractivity contribution in [3.8, 4) is 5.69 Å². The van der Waals surface area contributed by atoms with Crippen molar-refractivity contribution in [2.45, 2.75) is 13.8 Å². The molecule has 0 saturated carbocycles. The van der Waals surface area contributed by atoms with Gasteiger partial charge in [0.1, 0.15) is 0 Å². The van der Waals surface area contributed by atoms with Crippen molar-refractivity contribution in [2.24, 2.45) is 0 Å². The van der Waals surface area contributed by atoms with E-state index in [1.54, 1.807) is 16.7 Å². The Morgan fingerprint density at radius 2 is 1.94 bits per heavy atom. The van der Waals surface area contributed by atoms with Crippen LogP contribution < -0.4 is 5.73 Å². The maximum Gasteiger partial charge on any atom is 0.195 e. The fourth-order valence-corrected chi connectivity index (χ4v) is 1.58. The molecule has 0 unspecified atom stereocenters. The van der Waals surface area contributed by atoms with Crippen molar-refractivity contribution < 1.29 is 4.79 Å². The lowest BCUT2D eigenvalue weighted by molar-refractivity contribution is 0.100. The minimum Gasteiger partial charge on any atom is -0.399 e. The van der Waals surface area contributed by atoms with Gasteiger partial charge in [-0.15, -0.1) is 0 Å². The average Bonchev–Trinajstić information content (AvgIpc) is 2.61. The van der Waals surface area contributed by atoms with Crippen molar-refractivity contribution in [3.63, 3.8) is 0 Å². The van der Waals surface area contributed by atoms with E-state index in [9.17, 15) is 4.79 Å². The first-order chi connectivity index (χ1) is 7.58. The standard InChI is InChI=1S/C12H13N3O/c1-8-7-15(12(14-8)9(2)16)11-5-3-10(13)4-6-11/h3-7H,13H2,1-2H3. The number of aryl methyl sites for hydroxylation is 1. The molecule has 0 aliphatic carbocycles. The molecule has 0 saturated heterocycles. The highest BCUT2D eigenvalue weighted by molar-refractivity contribution is 5.91. The average molecular weight is 215 g/mol. The van der Waals surface area contributed by atoms with Crippen LogP contribution in [0.2, 0.25) is 0 Å². The summed E-state index contributed by atoms with van der Waals surface area (Å²) < 4.78 is 1.77. The summed E-state index contributed by atoms with van der Waals surface area (Å²) in [4.78, 5) is 15.6. The summed E-state index contributed by atoms with van der Waals surface area (Å²) in [5, 5.41) is 0. The van der Waals surface area contributed by atoms with E-state index < -0.39 is 0 Å². The number of aromatic nitrogens is 2. The number of anilines is 1. The quantitative estimate of drug-likeness (QED) is 0.615. The predicted octanol–water partition coefficient (Wildman–Crippen LogP) is 1.97. The zero-order valence-corrected chi connectivity index (χ0v) is 9.27. The topological polar surface area (TPSA) is 60.9 Å². The highest BCUT2D eigenvalue weighted by Crippen LogP contribution is 2.14. The lowest BCUT2D eigenvalue weighted by Crippen LogP contribution is -2.05. The van der Waals surface area contributed by atoms with Gasteiger partial charge in [0.2, 0.25) is 0 Å². The van der Waals surface area contributed by atoms with E-state index in [0.29, 0.717) is 11.5 Å². The number of hydrogen-bond donors (Lipinski definition) is 1. The van der Waals surface area contributed by atoms with E-state index in [4.69, 9.17) is 5.73 Å². The number of imidazole rings is 1. The van der Waals surface area contributed by atoms with Crippen LogP contribution in [0.15, 0.2) is 30.5 Å². The Balaban J connectivity index is 2.55. The molecule has 4 heteroatoms. The maximum absolute atomic E-state index is 11.4. The van der Waals surface area contributed by atoms with Crippen molar-refractivity contribution in [1.29, 1.82) is 0 Å². The van der Waals surface area contributed by atoms with Crippen molar-refractivity contribution in [2.75, 3.05) is 5.73 Å². The normalized spacial score (nSPS) is 10.4. The van der Waals surface area contributed by atoms with Gasteiger partial charge in [0.05, 0.1) is 5.69 Å². The Kier molecular flexibility index (Phi) is 2.48. The zero-order valence-electron chi connectivity index (χ0n) is 9.27. The van der Waals surface area contributed by atoms with E-state index in [2.05, 4.69) is 4.98 Å². The summed E-state index contributed by atoms with van der Waals surface area (Å²) in [6.45, 7) is 3.37. The molecule has 1 heterocycles. The summed E-state index contributed by atoms with van der Waals surface area (Å²) in [6.07, 6.45) is 1.84. The number of nitrogens with zero attached hydrogens (tertiary/aromatic N) is 2. The number of carbonyl (C=O) groups is 1. The Morgan fingerprint density at radius 3 is 2.50 bits per heavy atom. The molecule has 0 aliphatic rings. The van der Waals surface area contributed by atoms with Gasteiger partial charge in [-0.1, -0.05) is 0 Å². The van der Waals surface area contributed by atoms with Crippen LogP contribution >= 0.6 is 0 Å². The Morgan fingerprint density at radius 1 is 1.31 bits per heavy atom. The lowest BCUT2D eigenvalue weighted by Gasteiger charge is -2.05. The molecule has 0 atom stereocenters. The number of nitrogens with two attached hydrogens (primary N) is 1. The molecule has 82 valence electrons. The number of carbonyl (C=O) groups excluding carboxylic acids is 1. The van der Waals surface area contributed by atoms with Gasteiger partial charge >= 0.3 is 0 Å². The molecule has 2 aromatic rings. The second-order valence-corrected chi connectivity index (χ2v) is 3.72. The van der Waals surface area contributed by atoms with Gasteiger partial charge in [0.25, 0.3) is 0 Å². The van der Waals surface area contributed by atoms with Gasteiger partial charge in [-0.3, -0.25) is 9.36 Å². The minimum atomic E-state index is -0.0510. The third-order valence-electron chi connectivity index (χ3n) is 2.31. The van der Waals surface area contributed by atoms with E-state index in [0.717, 1.165) is 11.4 Å². The first kappa shape index (κ1) is 10.4. The van der Waals surface area contributed by atoms with Crippen LogP contribution in [0.5, 0.6) is 0 Å². The fraction of sp³-hybridized carbons (Fsp3) is 0.167. The summed E-state index contributed by atoms with van der Waals surface area (Å²) in [7, 11) is 0. The molecule has 4 nitrogen and oxygen atoms in total. The van der Waals surface area contributed by atoms with Crippen LogP contribution in [0, 0.1) is 6.92 Å². The van der Waals surface area contributed by atoms with Crippen LogP contribution in [-0.2, 0) is 0 Å². The van der Waals surface area contributed by atoms with Crippen LogP contribution in [-0.4, -0.2) is 15.3 Å². The van der Waals surface area contributed by atoms with Gasteiger partial charge in [-0.05, 0) is 31.2 Å². The molecule has 0 fully saturated rings. The largest absolute Gasteiger partial charge is 0.399 e. The number of hydrogen-bond acceptors (Lipinski definition) is 3. The lowest BCUT2D eigenvalue weighted by atomic mass is 10.3. The molecule has 0 bridgehead atoms. The number of nitrogen functional groups attached to an aromatic ring is 1. The van der Waals surface area contributed by atoms with E-state index in [1.165, 1.54) is 6.92 Å². The van der Waals surface area contributed by atoms with Gasteiger partial charge in [-0.25, -0.2) is 4.98 Å². The van der Waals surface area contributed by atoms with Crippen LogP contribution in [0.25, 0.3) is 5.69 Å². The molecule has 0 aliphatic heterocycles. The van der Waals surface area contributed by atoms with Crippen LogP contribution in [0.4, 0.5) is 5.69 Å². The first-order valence-electron chi connectivity index (χ1n) is 5.01. The van der Waals surface area contributed by atoms with Gasteiger partial charge in [0.15, 0.2) is 11.6 Å². The number of ketones is 1. The Hall–Kier alpha value is -2.10.